The smallest absolute Gasteiger partial charge is 0.261 e. The number of rotatable bonds is 9. The van der Waals surface area contributed by atoms with Crippen LogP contribution in [0, 0.1) is 11.3 Å². The predicted molar refractivity (Wildman–Crippen MR) is 90.3 cm³/mol. The summed E-state index contributed by atoms with van der Waals surface area (Å²) in [6, 6.07) is 7.27. The number of nitrogens with one attached hydrogen (secondary N) is 1. The molecular weight excluding hydrogens is 292 g/mol. The fourth-order valence-electron chi connectivity index (χ4n) is 1.89. The number of nitrogens with zero attached hydrogens (tertiary/aromatic N) is 1. The Morgan fingerprint density at radius 3 is 2.70 bits per heavy atom. The molecule has 1 aromatic rings. The minimum absolute atomic E-state index is 0.0744. The first-order valence-electron chi connectivity index (χ1n) is 7.87. The second-order valence-corrected chi connectivity index (χ2v) is 5.04. The highest BCUT2D eigenvalue weighted by molar-refractivity contribution is 6.01. The van der Waals surface area contributed by atoms with Crippen LogP contribution in [0.15, 0.2) is 23.8 Å². The van der Waals surface area contributed by atoms with Crippen molar-refractivity contribution in [3.8, 4) is 17.6 Å². The summed E-state index contributed by atoms with van der Waals surface area (Å²) in [6.07, 6.45) is 4.33. The number of carbonyl (C=O) groups excluding carboxylic acids is 1. The molecule has 5 nitrogen and oxygen atoms in total. The van der Waals surface area contributed by atoms with E-state index in [0.717, 1.165) is 19.3 Å². The Kier molecular flexibility index (Phi) is 8.30. The minimum atomic E-state index is -0.355. The molecule has 0 aromatic heterocycles. The molecule has 0 fully saturated rings. The van der Waals surface area contributed by atoms with Crippen LogP contribution in [0.1, 0.15) is 38.7 Å². The van der Waals surface area contributed by atoms with Crippen molar-refractivity contribution in [1.29, 1.82) is 5.26 Å². The van der Waals surface area contributed by atoms with Gasteiger partial charge in [0.25, 0.3) is 5.91 Å². The maximum Gasteiger partial charge on any atom is 0.261 e. The number of unbranched alkanes of at least 4 members (excludes halogenated alkanes) is 1. The largest absolute Gasteiger partial charge is 0.493 e. The van der Waals surface area contributed by atoms with Crippen LogP contribution < -0.4 is 14.8 Å². The van der Waals surface area contributed by atoms with Gasteiger partial charge in [-0.3, -0.25) is 4.79 Å². The van der Waals surface area contributed by atoms with E-state index in [4.69, 9.17) is 9.47 Å². The lowest BCUT2D eigenvalue weighted by atomic mass is 10.1. The van der Waals surface area contributed by atoms with Gasteiger partial charge in [-0.1, -0.05) is 26.3 Å². The zero-order valence-corrected chi connectivity index (χ0v) is 14.0. The maximum absolute atomic E-state index is 12.0. The monoisotopic (exact) mass is 316 g/mol. The van der Waals surface area contributed by atoms with Gasteiger partial charge < -0.3 is 14.8 Å². The van der Waals surface area contributed by atoms with Gasteiger partial charge in [-0.15, -0.1) is 0 Å². The van der Waals surface area contributed by atoms with Crippen molar-refractivity contribution in [3.63, 3.8) is 0 Å². The van der Waals surface area contributed by atoms with Crippen LogP contribution in [0.25, 0.3) is 6.08 Å². The van der Waals surface area contributed by atoms with Gasteiger partial charge in [-0.05, 0) is 36.6 Å². The Morgan fingerprint density at radius 2 is 2.09 bits per heavy atom. The number of hydrogen-bond acceptors (Lipinski definition) is 4. The first kappa shape index (κ1) is 18.6. The summed E-state index contributed by atoms with van der Waals surface area (Å²) < 4.78 is 10.9. The zero-order valence-electron chi connectivity index (χ0n) is 14.0. The average molecular weight is 316 g/mol. The number of hydrogen-bond donors (Lipinski definition) is 1. The van der Waals surface area contributed by atoms with Gasteiger partial charge >= 0.3 is 0 Å². The first-order chi connectivity index (χ1) is 11.2. The number of carbonyl (C=O) groups is 1. The summed E-state index contributed by atoms with van der Waals surface area (Å²) in [5, 5.41) is 11.9. The predicted octanol–water partition coefficient (Wildman–Crippen LogP) is 3.31. The Labute approximate surface area is 137 Å². The lowest BCUT2D eigenvalue weighted by Crippen LogP contribution is -2.25. The molecule has 0 saturated carbocycles. The number of ether oxygens (including phenoxy) is 2. The topological polar surface area (TPSA) is 71.4 Å². The molecule has 5 heteroatoms. The molecule has 0 bridgehead atoms. The Morgan fingerprint density at radius 1 is 1.30 bits per heavy atom. The Hall–Kier alpha value is -2.48. The lowest BCUT2D eigenvalue weighted by molar-refractivity contribution is -0.117. The molecule has 0 aliphatic rings. The van der Waals surface area contributed by atoms with Crippen molar-refractivity contribution >= 4 is 12.0 Å². The maximum atomic E-state index is 12.0. The number of methoxy groups -OCH3 is 1. The molecule has 0 aliphatic carbocycles. The molecule has 1 N–H and O–H groups in total. The summed E-state index contributed by atoms with van der Waals surface area (Å²) in [4.78, 5) is 12.0. The minimum Gasteiger partial charge on any atom is -0.493 e. The first-order valence-corrected chi connectivity index (χ1v) is 7.87. The van der Waals surface area contributed by atoms with E-state index in [-0.39, 0.29) is 11.5 Å². The van der Waals surface area contributed by atoms with Crippen molar-refractivity contribution in [2.45, 2.75) is 33.1 Å². The molecule has 0 atom stereocenters. The zero-order chi connectivity index (χ0) is 17.1. The van der Waals surface area contributed by atoms with Gasteiger partial charge in [0.1, 0.15) is 11.6 Å². The second kappa shape index (κ2) is 10.3. The number of amides is 1. The third-order valence-corrected chi connectivity index (χ3v) is 3.14. The molecule has 124 valence electrons. The normalized spacial score (nSPS) is 10.8. The molecule has 0 spiro atoms. The molecule has 23 heavy (non-hydrogen) atoms. The fraction of sp³-hybridized carbons (Fsp3) is 0.444. The average Bonchev–Trinajstić information content (AvgIpc) is 2.58. The summed E-state index contributed by atoms with van der Waals surface area (Å²) >= 11 is 0. The molecule has 0 unspecified atom stereocenters. The van der Waals surface area contributed by atoms with E-state index >= 15 is 0 Å². The van der Waals surface area contributed by atoms with Crippen LogP contribution in [0.5, 0.6) is 11.5 Å². The van der Waals surface area contributed by atoms with E-state index in [2.05, 4.69) is 5.32 Å². The van der Waals surface area contributed by atoms with E-state index < -0.39 is 0 Å². The van der Waals surface area contributed by atoms with E-state index in [1.807, 2.05) is 19.9 Å². The lowest BCUT2D eigenvalue weighted by Gasteiger charge is -2.10. The Bertz CT molecular complexity index is 588. The van der Waals surface area contributed by atoms with Crippen LogP contribution in [0.4, 0.5) is 0 Å². The van der Waals surface area contributed by atoms with Crippen LogP contribution in [0.3, 0.4) is 0 Å². The number of nitriles is 1. The van der Waals surface area contributed by atoms with Crippen molar-refractivity contribution < 1.29 is 14.3 Å². The highest BCUT2D eigenvalue weighted by atomic mass is 16.5. The molecular formula is C18H24N2O3. The van der Waals surface area contributed by atoms with Crippen molar-refractivity contribution in [2.75, 3.05) is 20.3 Å². The number of benzene rings is 1. The van der Waals surface area contributed by atoms with E-state index in [1.54, 1.807) is 31.4 Å². The SMILES string of the molecule is CCCCNC(=O)/C(C#N)=C\c1ccc(OCCC)c(OC)c1. The third kappa shape index (κ3) is 6.03. The third-order valence-electron chi connectivity index (χ3n) is 3.14. The quantitative estimate of drug-likeness (QED) is 0.431. The van der Waals surface area contributed by atoms with Gasteiger partial charge in [0.05, 0.1) is 13.7 Å². The molecule has 0 heterocycles. The van der Waals surface area contributed by atoms with Crippen molar-refractivity contribution in [2.24, 2.45) is 0 Å². The van der Waals surface area contributed by atoms with Crippen LogP contribution in [-0.4, -0.2) is 26.2 Å². The molecule has 0 radical (unpaired) electrons. The van der Waals surface area contributed by atoms with Crippen molar-refractivity contribution in [1.82, 2.24) is 5.32 Å². The molecule has 1 amide bonds. The molecule has 0 aliphatic heterocycles. The summed E-state index contributed by atoms with van der Waals surface area (Å²) in [5.74, 6) is 0.875. The van der Waals surface area contributed by atoms with Crippen LogP contribution >= 0.6 is 0 Å². The second-order valence-electron chi connectivity index (χ2n) is 5.04. The van der Waals surface area contributed by atoms with Gasteiger partial charge in [-0.2, -0.15) is 5.26 Å². The standard InChI is InChI=1S/C18H24N2O3/c1-4-6-9-20-18(21)15(13-19)11-14-7-8-16(23-10-5-2)17(12-14)22-3/h7-8,11-12H,4-6,9-10H2,1-3H3,(H,20,21)/b15-11-. The molecule has 1 aromatic carbocycles. The van der Waals surface area contributed by atoms with E-state index in [9.17, 15) is 10.1 Å². The van der Waals surface area contributed by atoms with Gasteiger partial charge in [-0.25, -0.2) is 0 Å². The summed E-state index contributed by atoms with van der Waals surface area (Å²) in [5.41, 5.74) is 0.790. The van der Waals surface area contributed by atoms with Crippen LogP contribution in [0.2, 0.25) is 0 Å². The van der Waals surface area contributed by atoms with E-state index in [0.29, 0.717) is 30.2 Å². The van der Waals surface area contributed by atoms with Gasteiger partial charge in [0.15, 0.2) is 11.5 Å². The highest BCUT2D eigenvalue weighted by Crippen LogP contribution is 2.29. The molecule has 0 saturated heterocycles. The van der Waals surface area contributed by atoms with Crippen molar-refractivity contribution in [3.05, 3.63) is 29.3 Å². The fourth-order valence-corrected chi connectivity index (χ4v) is 1.89. The highest BCUT2D eigenvalue weighted by Gasteiger charge is 2.10. The molecule has 1 rings (SSSR count). The van der Waals surface area contributed by atoms with E-state index in [1.165, 1.54) is 0 Å². The van der Waals surface area contributed by atoms with Crippen LogP contribution in [-0.2, 0) is 4.79 Å². The summed E-state index contributed by atoms with van der Waals surface area (Å²) in [7, 11) is 1.56. The summed E-state index contributed by atoms with van der Waals surface area (Å²) in [6.45, 7) is 5.25. The van der Waals surface area contributed by atoms with Gasteiger partial charge in [0.2, 0.25) is 0 Å². The Balaban J connectivity index is 2.91. The van der Waals surface area contributed by atoms with Gasteiger partial charge in [0, 0.05) is 6.54 Å².